The van der Waals surface area contributed by atoms with Crippen LogP contribution >= 0.6 is 0 Å². The Kier molecular flexibility index (Phi) is 4.56. The van der Waals surface area contributed by atoms with Crippen LogP contribution in [0.25, 0.3) is 0 Å². The van der Waals surface area contributed by atoms with Gasteiger partial charge in [0.25, 0.3) is 0 Å². The number of nitrogens with zero attached hydrogens (tertiary/aromatic N) is 1. The van der Waals surface area contributed by atoms with Gasteiger partial charge in [-0.05, 0) is 31.1 Å². The van der Waals surface area contributed by atoms with Gasteiger partial charge in [0.1, 0.15) is 5.82 Å². The third kappa shape index (κ3) is 3.14. The minimum absolute atomic E-state index is 0.348. The number of methoxy groups -OCH3 is 1. The lowest BCUT2D eigenvalue weighted by molar-refractivity contribution is 0.194. The van der Waals surface area contributed by atoms with E-state index in [1.807, 2.05) is 6.07 Å². The normalized spacial score (nSPS) is 17.3. The van der Waals surface area contributed by atoms with Crippen LogP contribution in [0.3, 0.4) is 0 Å². The summed E-state index contributed by atoms with van der Waals surface area (Å²) in [6.07, 6.45) is 2.22. The largest absolute Gasteiger partial charge is 0.389 e. The van der Waals surface area contributed by atoms with Crippen molar-refractivity contribution in [2.24, 2.45) is 0 Å². The smallest absolute Gasteiger partial charge is 0.131 e. The van der Waals surface area contributed by atoms with Crippen LogP contribution in [0.2, 0.25) is 0 Å². The standard InChI is InChI=1S/C15H20FNO2/c1-11(18)15-13(16)4-3-5-14(15)17-8-6-12(7-9-17)10-19-2/h3-6,11,18H,7-10H2,1-2H3/t11-/m1/s1. The van der Waals surface area contributed by atoms with E-state index in [1.165, 1.54) is 11.6 Å². The van der Waals surface area contributed by atoms with Gasteiger partial charge in [0.05, 0.1) is 12.7 Å². The minimum Gasteiger partial charge on any atom is -0.389 e. The Hall–Kier alpha value is -1.39. The number of benzene rings is 1. The third-order valence-electron chi connectivity index (χ3n) is 3.42. The lowest BCUT2D eigenvalue weighted by Crippen LogP contribution is -2.30. The molecule has 1 heterocycles. The number of ether oxygens (including phenoxy) is 1. The highest BCUT2D eigenvalue weighted by atomic mass is 19.1. The van der Waals surface area contributed by atoms with E-state index in [4.69, 9.17) is 4.74 Å². The maximum atomic E-state index is 13.8. The van der Waals surface area contributed by atoms with E-state index in [0.717, 1.165) is 25.2 Å². The second-order valence-electron chi connectivity index (χ2n) is 4.84. The maximum absolute atomic E-state index is 13.8. The highest BCUT2D eigenvalue weighted by molar-refractivity contribution is 5.56. The van der Waals surface area contributed by atoms with Crippen molar-refractivity contribution in [2.45, 2.75) is 19.4 Å². The molecule has 0 amide bonds. The van der Waals surface area contributed by atoms with Crippen LogP contribution in [0.5, 0.6) is 0 Å². The summed E-state index contributed by atoms with van der Waals surface area (Å²) in [5, 5.41) is 9.75. The Morgan fingerprint density at radius 2 is 2.26 bits per heavy atom. The van der Waals surface area contributed by atoms with Gasteiger partial charge in [-0.1, -0.05) is 12.1 Å². The number of aliphatic hydroxyl groups is 1. The molecule has 19 heavy (non-hydrogen) atoms. The highest BCUT2D eigenvalue weighted by Gasteiger charge is 2.19. The molecular formula is C15H20FNO2. The van der Waals surface area contributed by atoms with Gasteiger partial charge in [-0.3, -0.25) is 0 Å². The van der Waals surface area contributed by atoms with Crippen LogP contribution in [-0.2, 0) is 4.74 Å². The van der Waals surface area contributed by atoms with E-state index < -0.39 is 6.10 Å². The predicted octanol–water partition coefficient (Wildman–Crippen LogP) is 2.66. The molecule has 0 radical (unpaired) electrons. The number of hydrogen-bond acceptors (Lipinski definition) is 3. The molecule has 0 aliphatic carbocycles. The summed E-state index contributed by atoms with van der Waals surface area (Å²) < 4.78 is 18.9. The number of aliphatic hydroxyl groups excluding tert-OH is 1. The van der Waals surface area contributed by atoms with Crippen molar-refractivity contribution in [1.29, 1.82) is 0 Å². The lowest BCUT2D eigenvalue weighted by atomic mass is 10.0. The van der Waals surface area contributed by atoms with Crippen molar-refractivity contribution in [3.63, 3.8) is 0 Å². The van der Waals surface area contributed by atoms with Crippen LogP contribution in [0, 0.1) is 5.82 Å². The first-order chi connectivity index (χ1) is 9.13. The van der Waals surface area contributed by atoms with Gasteiger partial charge in [0.2, 0.25) is 0 Å². The van der Waals surface area contributed by atoms with E-state index in [0.29, 0.717) is 12.2 Å². The number of rotatable bonds is 4. The first kappa shape index (κ1) is 14.0. The van der Waals surface area contributed by atoms with Gasteiger partial charge < -0.3 is 14.7 Å². The molecule has 0 bridgehead atoms. The first-order valence-electron chi connectivity index (χ1n) is 6.51. The fraction of sp³-hybridized carbons (Fsp3) is 0.467. The molecule has 1 atom stereocenters. The van der Waals surface area contributed by atoms with Gasteiger partial charge in [0.15, 0.2) is 0 Å². The average Bonchev–Trinajstić information content (AvgIpc) is 2.39. The molecule has 3 nitrogen and oxygen atoms in total. The van der Waals surface area contributed by atoms with E-state index in [2.05, 4.69) is 11.0 Å². The molecule has 4 heteroatoms. The average molecular weight is 265 g/mol. The molecule has 1 aliphatic heterocycles. The van der Waals surface area contributed by atoms with Gasteiger partial charge in [-0.2, -0.15) is 0 Å². The Morgan fingerprint density at radius 1 is 1.47 bits per heavy atom. The van der Waals surface area contributed by atoms with Crippen molar-refractivity contribution in [1.82, 2.24) is 0 Å². The quantitative estimate of drug-likeness (QED) is 0.850. The van der Waals surface area contributed by atoms with Gasteiger partial charge in [0, 0.05) is 31.5 Å². The van der Waals surface area contributed by atoms with Crippen molar-refractivity contribution in [3.8, 4) is 0 Å². The van der Waals surface area contributed by atoms with Crippen LogP contribution in [-0.4, -0.2) is 31.9 Å². The van der Waals surface area contributed by atoms with Gasteiger partial charge in [-0.25, -0.2) is 4.39 Å². The fourth-order valence-electron chi connectivity index (χ4n) is 2.46. The van der Waals surface area contributed by atoms with Gasteiger partial charge >= 0.3 is 0 Å². The highest BCUT2D eigenvalue weighted by Crippen LogP contribution is 2.30. The monoisotopic (exact) mass is 265 g/mol. The van der Waals surface area contributed by atoms with E-state index in [9.17, 15) is 9.50 Å². The predicted molar refractivity (Wildman–Crippen MR) is 73.8 cm³/mol. The summed E-state index contributed by atoms with van der Waals surface area (Å²) in [4.78, 5) is 2.09. The van der Waals surface area contributed by atoms with Crippen molar-refractivity contribution in [2.75, 3.05) is 31.7 Å². The summed E-state index contributed by atoms with van der Waals surface area (Å²) in [5.41, 5.74) is 2.43. The van der Waals surface area contributed by atoms with Crippen molar-refractivity contribution in [3.05, 3.63) is 41.2 Å². The zero-order chi connectivity index (χ0) is 13.8. The molecular weight excluding hydrogens is 245 g/mol. The molecule has 0 saturated heterocycles. The number of hydrogen-bond donors (Lipinski definition) is 1. The van der Waals surface area contributed by atoms with Crippen LogP contribution in [0.4, 0.5) is 10.1 Å². The zero-order valence-corrected chi connectivity index (χ0v) is 11.4. The SMILES string of the molecule is COCC1=CCN(c2cccc(F)c2[C@@H](C)O)CC1. The number of halogens is 1. The lowest BCUT2D eigenvalue weighted by Gasteiger charge is -2.30. The Labute approximate surface area is 113 Å². The maximum Gasteiger partial charge on any atom is 0.131 e. The van der Waals surface area contributed by atoms with E-state index >= 15 is 0 Å². The van der Waals surface area contributed by atoms with E-state index in [1.54, 1.807) is 20.1 Å². The summed E-state index contributed by atoms with van der Waals surface area (Å²) in [6, 6.07) is 4.94. The molecule has 1 aromatic carbocycles. The zero-order valence-electron chi connectivity index (χ0n) is 11.4. The summed E-state index contributed by atoms with van der Waals surface area (Å²) >= 11 is 0. The second kappa shape index (κ2) is 6.17. The molecule has 0 spiro atoms. The minimum atomic E-state index is -0.805. The Morgan fingerprint density at radius 3 is 2.84 bits per heavy atom. The van der Waals surface area contributed by atoms with E-state index in [-0.39, 0.29) is 5.82 Å². The number of anilines is 1. The molecule has 0 saturated carbocycles. The van der Waals surface area contributed by atoms with Crippen LogP contribution < -0.4 is 4.90 Å². The molecule has 104 valence electrons. The molecule has 2 rings (SSSR count). The fourth-order valence-corrected chi connectivity index (χ4v) is 2.46. The topological polar surface area (TPSA) is 32.7 Å². The Bertz CT molecular complexity index is 471. The van der Waals surface area contributed by atoms with Crippen LogP contribution in [0.1, 0.15) is 25.0 Å². The molecule has 0 aromatic heterocycles. The van der Waals surface area contributed by atoms with Gasteiger partial charge in [-0.15, -0.1) is 0 Å². The molecule has 1 N–H and O–H groups in total. The molecule has 0 fully saturated rings. The van der Waals surface area contributed by atoms with Crippen molar-refractivity contribution < 1.29 is 14.2 Å². The third-order valence-corrected chi connectivity index (χ3v) is 3.42. The Balaban J connectivity index is 2.22. The second-order valence-corrected chi connectivity index (χ2v) is 4.84. The molecule has 1 aliphatic rings. The summed E-state index contributed by atoms with van der Waals surface area (Å²) in [7, 11) is 1.69. The molecule has 0 unspecified atom stereocenters. The first-order valence-corrected chi connectivity index (χ1v) is 6.51. The van der Waals surface area contributed by atoms with Crippen molar-refractivity contribution >= 4 is 5.69 Å². The summed E-state index contributed by atoms with van der Waals surface area (Å²) in [5.74, 6) is -0.348. The van der Waals surface area contributed by atoms with Crippen LogP contribution in [0.15, 0.2) is 29.8 Å². The molecule has 1 aromatic rings. The summed E-state index contributed by atoms with van der Waals surface area (Å²) in [6.45, 7) is 3.79.